The number of hydrogen-bond donors (Lipinski definition) is 0. The standard InChI is InChI=1S/C25H17F4N3S/c26-20-7-4-8-21(13-20)32-14-22(18-5-2-1-3-6-18)31-23(32)33-15-17-9-11-19(12-10-17)24(16-30-24)25(27,28)29/h1-14,16H,15H2. The molecule has 0 radical (unpaired) electrons. The molecule has 2 heterocycles. The summed E-state index contributed by atoms with van der Waals surface area (Å²) >= 11 is 1.43. The van der Waals surface area contributed by atoms with Gasteiger partial charge in [0.05, 0.1) is 11.4 Å². The number of nitrogens with zero attached hydrogens (tertiary/aromatic N) is 3. The minimum absolute atomic E-state index is 0.108. The lowest BCUT2D eigenvalue weighted by Gasteiger charge is -2.17. The molecule has 1 atom stereocenters. The molecule has 166 valence electrons. The van der Waals surface area contributed by atoms with E-state index in [-0.39, 0.29) is 11.4 Å². The normalized spacial score (nSPS) is 17.3. The number of thioether (sulfide) groups is 1. The molecule has 1 unspecified atom stereocenters. The maximum absolute atomic E-state index is 13.9. The van der Waals surface area contributed by atoms with E-state index < -0.39 is 11.7 Å². The fourth-order valence-electron chi connectivity index (χ4n) is 3.55. The molecule has 5 rings (SSSR count). The first-order chi connectivity index (χ1) is 15.9. The van der Waals surface area contributed by atoms with Gasteiger partial charge < -0.3 is 0 Å². The SMILES string of the molecule is Fc1cccc(-n2cc(-c3ccccc3)nc2SCc2ccc(C3(C(F)(F)F)C=N3)cc2)c1. The predicted molar refractivity (Wildman–Crippen MR) is 121 cm³/mol. The van der Waals surface area contributed by atoms with Gasteiger partial charge >= 0.3 is 6.18 Å². The summed E-state index contributed by atoms with van der Waals surface area (Å²) in [6.07, 6.45) is -1.66. The van der Waals surface area contributed by atoms with Crippen LogP contribution in [0.5, 0.6) is 0 Å². The molecular formula is C25H17F4N3S. The van der Waals surface area contributed by atoms with E-state index in [1.165, 1.54) is 36.0 Å². The maximum Gasteiger partial charge on any atom is 0.422 e. The summed E-state index contributed by atoms with van der Waals surface area (Å²) in [4.78, 5) is 8.22. The first-order valence-electron chi connectivity index (χ1n) is 10.1. The third-order valence-electron chi connectivity index (χ3n) is 5.41. The highest BCUT2D eigenvalue weighted by Crippen LogP contribution is 2.48. The monoisotopic (exact) mass is 467 g/mol. The van der Waals surface area contributed by atoms with Crippen LogP contribution in [-0.4, -0.2) is 21.9 Å². The maximum atomic E-state index is 13.9. The van der Waals surface area contributed by atoms with E-state index in [9.17, 15) is 17.6 Å². The summed E-state index contributed by atoms with van der Waals surface area (Å²) in [6.45, 7) is 0. The van der Waals surface area contributed by atoms with Gasteiger partial charge in [0.1, 0.15) is 5.82 Å². The Hall–Kier alpha value is -3.39. The Labute approximate surface area is 191 Å². The third kappa shape index (κ3) is 4.18. The van der Waals surface area contributed by atoms with Crippen LogP contribution in [0.4, 0.5) is 17.6 Å². The van der Waals surface area contributed by atoms with Crippen molar-refractivity contribution in [2.75, 3.05) is 0 Å². The highest BCUT2D eigenvalue weighted by atomic mass is 32.2. The number of aliphatic imine (C=N–C) groups is 1. The van der Waals surface area contributed by atoms with Crippen molar-refractivity contribution in [2.24, 2.45) is 4.99 Å². The highest BCUT2D eigenvalue weighted by Gasteiger charge is 2.61. The molecule has 0 N–H and O–H groups in total. The van der Waals surface area contributed by atoms with Crippen LogP contribution in [0.1, 0.15) is 11.1 Å². The Bertz CT molecular complexity index is 1310. The minimum atomic E-state index is -4.44. The lowest BCUT2D eigenvalue weighted by atomic mass is 9.96. The Balaban J connectivity index is 1.40. The molecule has 8 heteroatoms. The smallest absolute Gasteiger partial charge is 0.294 e. The number of imidazole rings is 1. The Morgan fingerprint density at radius 1 is 0.909 bits per heavy atom. The van der Waals surface area contributed by atoms with E-state index in [1.54, 1.807) is 24.3 Å². The number of hydrogen-bond acceptors (Lipinski definition) is 3. The molecule has 0 fully saturated rings. The largest absolute Gasteiger partial charge is 0.422 e. The summed E-state index contributed by atoms with van der Waals surface area (Å²) in [5.74, 6) is 0.135. The highest BCUT2D eigenvalue weighted by molar-refractivity contribution is 7.98. The zero-order chi connectivity index (χ0) is 23.1. The van der Waals surface area contributed by atoms with Crippen molar-refractivity contribution in [3.8, 4) is 16.9 Å². The molecule has 33 heavy (non-hydrogen) atoms. The second-order valence-corrected chi connectivity index (χ2v) is 8.58. The summed E-state index contributed by atoms with van der Waals surface area (Å²) in [6, 6.07) is 22.2. The summed E-state index contributed by atoms with van der Waals surface area (Å²) in [5.41, 5.74) is 1.10. The van der Waals surface area contributed by atoms with Crippen molar-refractivity contribution in [1.82, 2.24) is 9.55 Å². The van der Waals surface area contributed by atoms with Crippen LogP contribution in [0, 0.1) is 5.82 Å². The molecule has 4 aromatic rings. The van der Waals surface area contributed by atoms with Gasteiger partial charge in [-0.05, 0) is 29.3 Å². The van der Waals surface area contributed by atoms with Gasteiger partial charge in [-0.3, -0.25) is 9.56 Å². The van der Waals surface area contributed by atoms with E-state index in [0.29, 0.717) is 16.6 Å². The van der Waals surface area contributed by atoms with Crippen molar-refractivity contribution in [3.05, 3.63) is 102 Å². The minimum Gasteiger partial charge on any atom is -0.294 e. The van der Waals surface area contributed by atoms with Gasteiger partial charge in [0, 0.05) is 23.7 Å². The average Bonchev–Trinajstić information content (AvgIpc) is 3.53. The molecule has 0 amide bonds. The second kappa shape index (κ2) is 8.19. The number of alkyl halides is 3. The van der Waals surface area contributed by atoms with E-state index in [0.717, 1.165) is 23.0 Å². The molecule has 0 aliphatic carbocycles. The van der Waals surface area contributed by atoms with Crippen molar-refractivity contribution in [3.63, 3.8) is 0 Å². The van der Waals surface area contributed by atoms with Crippen molar-refractivity contribution in [1.29, 1.82) is 0 Å². The van der Waals surface area contributed by atoms with Crippen LogP contribution in [0.15, 0.2) is 95.2 Å². The molecule has 1 aliphatic rings. The number of benzene rings is 3. The van der Waals surface area contributed by atoms with Crippen LogP contribution in [0.25, 0.3) is 16.9 Å². The zero-order valence-corrected chi connectivity index (χ0v) is 17.9. The number of aromatic nitrogens is 2. The summed E-state index contributed by atoms with van der Waals surface area (Å²) in [7, 11) is 0. The van der Waals surface area contributed by atoms with Gasteiger partial charge in [0.2, 0.25) is 5.54 Å². The van der Waals surface area contributed by atoms with Crippen LogP contribution in [-0.2, 0) is 11.3 Å². The average molecular weight is 467 g/mol. The molecule has 0 bridgehead atoms. The first kappa shape index (κ1) is 21.5. The van der Waals surface area contributed by atoms with Crippen molar-refractivity contribution < 1.29 is 17.6 Å². The molecular weight excluding hydrogens is 450 g/mol. The van der Waals surface area contributed by atoms with Crippen LogP contribution in [0.3, 0.4) is 0 Å². The third-order valence-corrected chi connectivity index (χ3v) is 6.43. The molecule has 0 saturated heterocycles. The Kier molecular flexibility index (Phi) is 5.32. The predicted octanol–water partition coefficient (Wildman–Crippen LogP) is 6.81. The quantitative estimate of drug-likeness (QED) is 0.230. The topological polar surface area (TPSA) is 30.2 Å². The second-order valence-electron chi connectivity index (χ2n) is 7.63. The summed E-state index contributed by atoms with van der Waals surface area (Å²) in [5, 5.41) is 0.654. The van der Waals surface area contributed by atoms with E-state index in [1.807, 2.05) is 41.1 Å². The van der Waals surface area contributed by atoms with Crippen molar-refractivity contribution in [2.45, 2.75) is 22.6 Å². The van der Waals surface area contributed by atoms with Crippen LogP contribution in [0.2, 0.25) is 0 Å². The van der Waals surface area contributed by atoms with Crippen LogP contribution < -0.4 is 0 Å². The Morgan fingerprint density at radius 2 is 1.64 bits per heavy atom. The Morgan fingerprint density at radius 3 is 2.27 bits per heavy atom. The number of halogens is 4. The molecule has 3 aromatic carbocycles. The van der Waals surface area contributed by atoms with Crippen molar-refractivity contribution >= 4 is 18.0 Å². The lowest BCUT2D eigenvalue weighted by molar-refractivity contribution is -0.156. The van der Waals surface area contributed by atoms with E-state index in [4.69, 9.17) is 4.98 Å². The van der Waals surface area contributed by atoms with E-state index in [2.05, 4.69) is 4.99 Å². The van der Waals surface area contributed by atoms with Gasteiger partial charge in [0.15, 0.2) is 5.16 Å². The molecule has 0 spiro atoms. The fraction of sp³-hybridized carbons (Fsp3) is 0.120. The molecule has 0 saturated carbocycles. The van der Waals surface area contributed by atoms with Gasteiger partial charge in [-0.15, -0.1) is 0 Å². The lowest BCUT2D eigenvalue weighted by Crippen LogP contribution is -2.31. The van der Waals surface area contributed by atoms with E-state index >= 15 is 0 Å². The number of rotatable bonds is 6. The molecule has 1 aromatic heterocycles. The summed E-state index contributed by atoms with van der Waals surface area (Å²) < 4.78 is 55.5. The van der Waals surface area contributed by atoms with Gasteiger partial charge in [-0.2, -0.15) is 13.2 Å². The zero-order valence-electron chi connectivity index (χ0n) is 17.1. The molecule has 3 nitrogen and oxygen atoms in total. The fourth-order valence-corrected chi connectivity index (χ4v) is 4.50. The molecule has 1 aliphatic heterocycles. The van der Waals surface area contributed by atoms with Gasteiger partial charge in [0.25, 0.3) is 0 Å². The first-order valence-corrected chi connectivity index (χ1v) is 11.1. The van der Waals surface area contributed by atoms with Gasteiger partial charge in [-0.1, -0.05) is 72.4 Å². The van der Waals surface area contributed by atoms with Gasteiger partial charge in [-0.25, -0.2) is 9.37 Å². The van der Waals surface area contributed by atoms with Crippen LogP contribution >= 0.6 is 11.8 Å².